The van der Waals surface area contributed by atoms with Crippen molar-refractivity contribution in [1.29, 1.82) is 0 Å². The Labute approximate surface area is 162 Å². The Balaban J connectivity index is 1.35. The minimum atomic E-state index is 0.113. The maximum Gasteiger partial charge on any atom is 0.238 e. The van der Waals surface area contributed by atoms with Gasteiger partial charge in [-0.3, -0.25) is 4.79 Å². The van der Waals surface area contributed by atoms with Gasteiger partial charge in [0.25, 0.3) is 0 Å². The first kappa shape index (κ1) is 17.8. The van der Waals surface area contributed by atoms with Crippen LogP contribution in [0.25, 0.3) is 11.6 Å². The largest absolute Gasteiger partial charge is 0.461 e. The first-order chi connectivity index (χ1) is 13.2. The van der Waals surface area contributed by atoms with Gasteiger partial charge >= 0.3 is 0 Å². The van der Waals surface area contributed by atoms with E-state index in [0.29, 0.717) is 30.3 Å². The Morgan fingerprint density at radius 3 is 2.96 bits per heavy atom. The van der Waals surface area contributed by atoms with Crippen LogP contribution in [0.2, 0.25) is 5.02 Å². The minimum Gasteiger partial charge on any atom is -0.461 e. The molecule has 0 spiro atoms. The van der Waals surface area contributed by atoms with Crippen molar-refractivity contribution in [2.75, 3.05) is 6.54 Å². The van der Waals surface area contributed by atoms with E-state index in [-0.39, 0.29) is 11.9 Å². The quantitative estimate of drug-likeness (QED) is 0.637. The van der Waals surface area contributed by atoms with Gasteiger partial charge < -0.3 is 13.8 Å². The SMILES string of the molecule is O=C(CCc1nc(-c2ccco2)no1)N1CCCC1Cc1ccccc1Cl. The summed E-state index contributed by atoms with van der Waals surface area (Å²) < 4.78 is 10.5. The van der Waals surface area contributed by atoms with Crippen molar-refractivity contribution < 1.29 is 13.7 Å². The number of hydrogen-bond acceptors (Lipinski definition) is 5. The van der Waals surface area contributed by atoms with E-state index >= 15 is 0 Å². The lowest BCUT2D eigenvalue weighted by Crippen LogP contribution is -2.37. The smallest absolute Gasteiger partial charge is 0.238 e. The highest BCUT2D eigenvalue weighted by molar-refractivity contribution is 6.31. The highest BCUT2D eigenvalue weighted by Crippen LogP contribution is 2.25. The van der Waals surface area contributed by atoms with Crippen LogP contribution in [0.3, 0.4) is 0 Å². The predicted octanol–water partition coefficient (Wildman–Crippen LogP) is 4.15. The molecule has 3 heterocycles. The molecule has 1 saturated heterocycles. The molecule has 1 aliphatic heterocycles. The molecule has 27 heavy (non-hydrogen) atoms. The summed E-state index contributed by atoms with van der Waals surface area (Å²) in [6.45, 7) is 0.787. The van der Waals surface area contributed by atoms with Gasteiger partial charge in [0.2, 0.25) is 17.6 Å². The Hall–Kier alpha value is -2.60. The molecule has 1 amide bonds. The van der Waals surface area contributed by atoms with Gasteiger partial charge in [0, 0.05) is 30.5 Å². The van der Waals surface area contributed by atoms with Gasteiger partial charge in [0.15, 0.2) is 5.76 Å². The molecular weight excluding hydrogens is 366 g/mol. The van der Waals surface area contributed by atoms with Gasteiger partial charge in [-0.05, 0) is 43.0 Å². The number of carbonyl (C=O) groups excluding carboxylic acids is 1. The summed E-state index contributed by atoms with van der Waals surface area (Å²) in [6, 6.07) is 11.5. The molecule has 2 aromatic heterocycles. The number of amides is 1. The molecule has 140 valence electrons. The van der Waals surface area contributed by atoms with E-state index in [1.54, 1.807) is 18.4 Å². The zero-order valence-electron chi connectivity index (χ0n) is 14.8. The molecule has 0 radical (unpaired) electrons. The third-order valence-corrected chi connectivity index (χ3v) is 5.24. The first-order valence-electron chi connectivity index (χ1n) is 9.10. The number of furan rings is 1. The van der Waals surface area contributed by atoms with Crippen molar-refractivity contribution >= 4 is 17.5 Å². The second-order valence-corrected chi connectivity index (χ2v) is 7.07. The first-order valence-corrected chi connectivity index (χ1v) is 9.48. The summed E-state index contributed by atoms with van der Waals surface area (Å²) in [5.41, 5.74) is 1.09. The number of benzene rings is 1. The number of hydrogen-bond donors (Lipinski definition) is 0. The van der Waals surface area contributed by atoms with Crippen LogP contribution in [0.4, 0.5) is 0 Å². The molecule has 0 bridgehead atoms. The third-order valence-electron chi connectivity index (χ3n) is 4.87. The molecule has 6 nitrogen and oxygen atoms in total. The summed E-state index contributed by atoms with van der Waals surface area (Å²) >= 11 is 6.28. The van der Waals surface area contributed by atoms with Crippen molar-refractivity contribution in [3.63, 3.8) is 0 Å². The van der Waals surface area contributed by atoms with Crippen molar-refractivity contribution in [1.82, 2.24) is 15.0 Å². The molecule has 7 heteroatoms. The van der Waals surface area contributed by atoms with E-state index in [0.717, 1.165) is 36.4 Å². The standard InChI is InChI=1S/C20H20ClN3O3/c21-16-7-2-1-5-14(16)13-15-6-3-11-24(15)19(25)10-9-18-22-20(23-27-18)17-8-4-12-26-17/h1-2,4-5,7-8,12,15H,3,6,9-11,13H2. The van der Waals surface area contributed by atoms with Crippen LogP contribution in [-0.4, -0.2) is 33.5 Å². The van der Waals surface area contributed by atoms with E-state index in [1.165, 1.54) is 0 Å². The van der Waals surface area contributed by atoms with E-state index < -0.39 is 0 Å². The number of likely N-dealkylation sites (tertiary alicyclic amines) is 1. The molecule has 1 unspecified atom stereocenters. The molecule has 1 aromatic carbocycles. The van der Waals surface area contributed by atoms with E-state index in [1.807, 2.05) is 29.2 Å². The van der Waals surface area contributed by atoms with E-state index in [9.17, 15) is 4.79 Å². The van der Waals surface area contributed by atoms with Crippen LogP contribution in [0, 0.1) is 0 Å². The highest BCUT2D eigenvalue weighted by Gasteiger charge is 2.29. The van der Waals surface area contributed by atoms with Gasteiger partial charge in [0.05, 0.1) is 6.26 Å². The van der Waals surface area contributed by atoms with Gasteiger partial charge in [-0.2, -0.15) is 4.98 Å². The van der Waals surface area contributed by atoms with Crippen molar-refractivity contribution in [2.24, 2.45) is 0 Å². The summed E-state index contributed by atoms with van der Waals surface area (Å²) in [6.07, 6.45) is 5.13. The van der Waals surface area contributed by atoms with Crippen LogP contribution >= 0.6 is 11.6 Å². The fourth-order valence-electron chi connectivity index (χ4n) is 3.51. The molecule has 0 N–H and O–H groups in total. The zero-order chi connectivity index (χ0) is 18.6. The average Bonchev–Trinajstić information content (AvgIpc) is 3.42. The molecular formula is C20H20ClN3O3. The second-order valence-electron chi connectivity index (χ2n) is 6.67. The zero-order valence-corrected chi connectivity index (χ0v) is 15.6. The van der Waals surface area contributed by atoms with E-state index in [2.05, 4.69) is 10.1 Å². The van der Waals surface area contributed by atoms with Crippen LogP contribution in [0.15, 0.2) is 51.6 Å². The Kier molecular flexibility index (Phi) is 5.25. The summed E-state index contributed by atoms with van der Waals surface area (Å²) in [5.74, 6) is 1.51. The summed E-state index contributed by atoms with van der Waals surface area (Å²) in [4.78, 5) is 19.0. The minimum absolute atomic E-state index is 0.113. The summed E-state index contributed by atoms with van der Waals surface area (Å²) in [7, 11) is 0. The number of aryl methyl sites for hydroxylation is 1. The van der Waals surface area contributed by atoms with Crippen molar-refractivity contribution in [3.8, 4) is 11.6 Å². The number of carbonyl (C=O) groups is 1. The van der Waals surface area contributed by atoms with Crippen LogP contribution in [-0.2, 0) is 17.6 Å². The molecule has 0 aliphatic carbocycles. The monoisotopic (exact) mass is 385 g/mol. The fraction of sp³-hybridized carbons (Fsp3) is 0.350. The second kappa shape index (κ2) is 7.96. The van der Waals surface area contributed by atoms with Crippen molar-refractivity contribution in [2.45, 2.75) is 38.1 Å². The maximum atomic E-state index is 12.7. The lowest BCUT2D eigenvalue weighted by atomic mass is 10.0. The van der Waals surface area contributed by atoms with Gasteiger partial charge in [0.1, 0.15) is 0 Å². The Bertz CT molecular complexity index is 907. The molecule has 1 fully saturated rings. The summed E-state index contributed by atoms with van der Waals surface area (Å²) in [5, 5.41) is 4.65. The number of halogens is 1. The number of nitrogens with zero attached hydrogens (tertiary/aromatic N) is 3. The fourth-order valence-corrected chi connectivity index (χ4v) is 3.73. The molecule has 1 aliphatic rings. The lowest BCUT2D eigenvalue weighted by molar-refractivity contribution is -0.132. The lowest BCUT2D eigenvalue weighted by Gasteiger charge is -2.25. The topological polar surface area (TPSA) is 72.4 Å². The van der Waals surface area contributed by atoms with Gasteiger partial charge in [-0.15, -0.1) is 0 Å². The molecule has 3 aromatic rings. The average molecular weight is 386 g/mol. The maximum absolute atomic E-state index is 12.7. The van der Waals surface area contributed by atoms with Gasteiger partial charge in [-0.1, -0.05) is 35.0 Å². The normalized spacial score (nSPS) is 16.8. The van der Waals surface area contributed by atoms with Crippen LogP contribution in [0.5, 0.6) is 0 Å². The van der Waals surface area contributed by atoms with Gasteiger partial charge in [-0.25, -0.2) is 0 Å². The van der Waals surface area contributed by atoms with E-state index in [4.69, 9.17) is 20.5 Å². The molecule has 1 atom stereocenters. The number of aromatic nitrogens is 2. The highest BCUT2D eigenvalue weighted by atomic mass is 35.5. The van der Waals surface area contributed by atoms with Crippen molar-refractivity contribution in [3.05, 3.63) is 59.1 Å². The predicted molar refractivity (Wildman–Crippen MR) is 100 cm³/mol. The Morgan fingerprint density at radius 2 is 2.15 bits per heavy atom. The van der Waals surface area contributed by atoms with Crippen LogP contribution < -0.4 is 0 Å². The molecule has 4 rings (SSSR count). The van der Waals surface area contributed by atoms with Crippen LogP contribution in [0.1, 0.15) is 30.7 Å². The molecule has 0 saturated carbocycles. The Morgan fingerprint density at radius 1 is 1.26 bits per heavy atom. The number of rotatable bonds is 6. The third kappa shape index (κ3) is 4.06.